The predicted molar refractivity (Wildman–Crippen MR) is 93.2 cm³/mol. The summed E-state index contributed by atoms with van der Waals surface area (Å²) in [5.41, 5.74) is -0.706. The number of nitro groups is 1. The number of nitrogens with one attached hydrogen (secondary N) is 2. The molecule has 2 rings (SSSR count). The molecular formula is C17H21N3O7. The highest BCUT2D eigenvalue weighted by atomic mass is 16.6. The Kier molecular flexibility index (Phi) is 6.83. The standard InChI is InChI=1S/C17H21N3O7/c21-14(19-17(11-15(22)23)6-9-27-10-7-17)5-8-18-16(24)12-1-3-13(4-2-12)20(25)26/h1-4H,5-11H2,(H,18,24)(H,19,21)(H,22,23). The average molecular weight is 379 g/mol. The topological polar surface area (TPSA) is 148 Å². The SMILES string of the molecule is O=C(O)CC1(NC(=O)CCNC(=O)c2ccc([N+](=O)[O-])cc2)CCOCC1. The van der Waals surface area contributed by atoms with Crippen molar-refractivity contribution in [3.8, 4) is 0 Å². The van der Waals surface area contributed by atoms with E-state index in [1.807, 2.05) is 0 Å². The van der Waals surface area contributed by atoms with Gasteiger partial charge in [0.2, 0.25) is 5.91 Å². The van der Waals surface area contributed by atoms with Crippen molar-refractivity contribution in [3.05, 3.63) is 39.9 Å². The number of rotatable bonds is 8. The molecule has 10 heteroatoms. The smallest absolute Gasteiger partial charge is 0.305 e. The Labute approximate surface area is 155 Å². The van der Waals surface area contributed by atoms with Crippen LogP contribution in [0.15, 0.2) is 24.3 Å². The number of ether oxygens (including phenoxy) is 1. The predicted octanol–water partition coefficient (Wildman–Crippen LogP) is 0.855. The first kappa shape index (κ1) is 20.3. The van der Waals surface area contributed by atoms with Crippen LogP contribution in [-0.4, -0.2) is 53.1 Å². The number of nitrogens with zero attached hydrogens (tertiary/aromatic N) is 1. The van der Waals surface area contributed by atoms with Crippen LogP contribution in [-0.2, 0) is 14.3 Å². The molecule has 1 aromatic carbocycles. The van der Waals surface area contributed by atoms with Crippen molar-refractivity contribution in [1.29, 1.82) is 0 Å². The average Bonchev–Trinajstić information content (AvgIpc) is 2.61. The first-order valence-corrected chi connectivity index (χ1v) is 8.44. The summed E-state index contributed by atoms with van der Waals surface area (Å²) >= 11 is 0. The van der Waals surface area contributed by atoms with Gasteiger partial charge in [0.1, 0.15) is 0 Å². The normalized spacial score (nSPS) is 15.6. The molecule has 0 unspecified atom stereocenters. The zero-order chi connectivity index (χ0) is 19.9. The first-order chi connectivity index (χ1) is 12.8. The van der Waals surface area contributed by atoms with Gasteiger partial charge in [-0.05, 0) is 25.0 Å². The molecule has 0 spiro atoms. The minimum atomic E-state index is -0.997. The molecule has 0 saturated carbocycles. The molecule has 0 aliphatic carbocycles. The molecule has 0 radical (unpaired) electrons. The molecule has 146 valence electrons. The first-order valence-electron chi connectivity index (χ1n) is 8.44. The Morgan fingerprint density at radius 3 is 2.37 bits per heavy atom. The molecule has 1 aromatic rings. The highest BCUT2D eigenvalue weighted by Gasteiger charge is 2.36. The van der Waals surface area contributed by atoms with Gasteiger partial charge >= 0.3 is 5.97 Å². The molecule has 1 saturated heterocycles. The quantitative estimate of drug-likeness (QED) is 0.448. The molecule has 0 aromatic heterocycles. The van der Waals surface area contributed by atoms with E-state index < -0.39 is 22.3 Å². The second kappa shape index (κ2) is 9.08. The summed E-state index contributed by atoms with van der Waals surface area (Å²) in [4.78, 5) is 45.3. The fraction of sp³-hybridized carbons (Fsp3) is 0.471. The maximum atomic E-state index is 12.2. The summed E-state index contributed by atoms with van der Waals surface area (Å²) in [7, 11) is 0. The van der Waals surface area contributed by atoms with Crippen LogP contribution in [0.5, 0.6) is 0 Å². The summed E-state index contributed by atoms with van der Waals surface area (Å²) in [6.07, 6.45) is 0.637. The Morgan fingerprint density at radius 1 is 1.19 bits per heavy atom. The van der Waals surface area contributed by atoms with Crippen molar-refractivity contribution < 1.29 is 29.2 Å². The van der Waals surface area contributed by atoms with E-state index in [0.717, 1.165) is 0 Å². The number of amides is 2. The molecule has 0 atom stereocenters. The molecule has 1 fully saturated rings. The van der Waals surface area contributed by atoms with Crippen LogP contribution in [0.25, 0.3) is 0 Å². The van der Waals surface area contributed by atoms with Gasteiger partial charge in [-0.25, -0.2) is 0 Å². The van der Waals surface area contributed by atoms with Crippen LogP contribution in [0.2, 0.25) is 0 Å². The van der Waals surface area contributed by atoms with Crippen molar-refractivity contribution >= 4 is 23.5 Å². The molecule has 27 heavy (non-hydrogen) atoms. The van der Waals surface area contributed by atoms with Crippen molar-refractivity contribution in [1.82, 2.24) is 10.6 Å². The van der Waals surface area contributed by atoms with Crippen molar-refractivity contribution in [2.75, 3.05) is 19.8 Å². The Hall–Kier alpha value is -3.01. The third-order valence-corrected chi connectivity index (χ3v) is 4.32. The second-order valence-electron chi connectivity index (χ2n) is 6.32. The monoisotopic (exact) mass is 379 g/mol. The fourth-order valence-electron chi connectivity index (χ4n) is 2.88. The largest absolute Gasteiger partial charge is 0.481 e. The molecule has 3 N–H and O–H groups in total. The second-order valence-corrected chi connectivity index (χ2v) is 6.32. The molecule has 10 nitrogen and oxygen atoms in total. The highest BCUT2D eigenvalue weighted by Crippen LogP contribution is 2.24. The van der Waals surface area contributed by atoms with Crippen molar-refractivity contribution in [2.24, 2.45) is 0 Å². The van der Waals surface area contributed by atoms with Crippen LogP contribution < -0.4 is 10.6 Å². The lowest BCUT2D eigenvalue weighted by Crippen LogP contribution is -2.53. The number of non-ortho nitro benzene ring substituents is 1. The van der Waals surface area contributed by atoms with Crippen LogP contribution in [0.1, 0.15) is 36.0 Å². The van der Waals surface area contributed by atoms with Crippen molar-refractivity contribution in [2.45, 2.75) is 31.2 Å². The highest BCUT2D eigenvalue weighted by molar-refractivity contribution is 5.94. The summed E-state index contributed by atoms with van der Waals surface area (Å²) in [5, 5.41) is 25.0. The lowest BCUT2D eigenvalue weighted by molar-refractivity contribution is -0.384. The Morgan fingerprint density at radius 2 is 1.81 bits per heavy atom. The molecule has 1 aliphatic rings. The zero-order valence-corrected chi connectivity index (χ0v) is 14.6. The zero-order valence-electron chi connectivity index (χ0n) is 14.6. The van der Waals surface area contributed by atoms with Gasteiger partial charge in [-0.3, -0.25) is 24.5 Å². The van der Waals surface area contributed by atoms with Crippen LogP contribution in [0.3, 0.4) is 0 Å². The summed E-state index contributed by atoms with van der Waals surface area (Å²) in [6, 6.07) is 5.11. The third kappa shape index (κ3) is 6.03. The van der Waals surface area contributed by atoms with Gasteiger partial charge < -0.3 is 20.5 Å². The van der Waals surface area contributed by atoms with E-state index in [-0.39, 0.29) is 36.5 Å². The number of carbonyl (C=O) groups is 3. The molecule has 0 bridgehead atoms. The van der Waals surface area contributed by atoms with E-state index in [1.165, 1.54) is 24.3 Å². The number of carboxylic acids is 1. The number of benzene rings is 1. The minimum absolute atomic E-state index is 0.0129. The lowest BCUT2D eigenvalue weighted by atomic mass is 9.86. The van der Waals surface area contributed by atoms with E-state index in [1.54, 1.807) is 0 Å². The van der Waals surface area contributed by atoms with E-state index in [2.05, 4.69) is 10.6 Å². The van der Waals surface area contributed by atoms with Gasteiger partial charge in [-0.15, -0.1) is 0 Å². The summed E-state index contributed by atoms with van der Waals surface area (Å²) in [6.45, 7) is 0.816. The Bertz CT molecular complexity index is 712. The van der Waals surface area contributed by atoms with Gasteiger partial charge in [0.25, 0.3) is 11.6 Å². The van der Waals surface area contributed by atoms with Gasteiger partial charge in [0.05, 0.1) is 16.9 Å². The third-order valence-electron chi connectivity index (χ3n) is 4.32. The maximum Gasteiger partial charge on any atom is 0.305 e. The summed E-state index contributed by atoms with van der Waals surface area (Å²) in [5.74, 6) is -1.81. The van der Waals surface area contributed by atoms with Gasteiger partial charge in [0, 0.05) is 43.9 Å². The lowest BCUT2D eigenvalue weighted by Gasteiger charge is -2.36. The van der Waals surface area contributed by atoms with Crippen LogP contribution >= 0.6 is 0 Å². The van der Waals surface area contributed by atoms with E-state index >= 15 is 0 Å². The molecule has 2 amide bonds. The van der Waals surface area contributed by atoms with Crippen LogP contribution in [0, 0.1) is 10.1 Å². The maximum absolute atomic E-state index is 12.2. The van der Waals surface area contributed by atoms with E-state index in [9.17, 15) is 24.5 Å². The Balaban J connectivity index is 1.82. The number of nitro benzene ring substituents is 1. The molecule has 1 aliphatic heterocycles. The molecule has 1 heterocycles. The van der Waals surface area contributed by atoms with Crippen LogP contribution in [0.4, 0.5) is 5.69 Å². The van der Waals surface area contributed by atoms with E-state index in [0.29, 0.717) is 26.1 Å². The summed E-state index contributed by atoms with van der Waals surface area (Å²) < 4.78 is 5.23. The number of aliphatic carboxylic acids is 1. The van der Waals surface area contributed by atoms with Crippen molar-refractivity contribution in [3.63, 3.8) is 0 Å². The fourth-order valence-corrected chi connectivity index (χ4v) is 2.88. The van der Waals surface area contributed by atoms with Gasteiger partial charge in [-0.1, -0.05) is 0 Å². The van der Waals surface area contributed by atoms with Gasteiger partial charge in [-0.2, -0.15) is 0 Å². The van der Waals surface area contributed by atoms with E-state index in [4.69, 9.17) is 9.84 Å². The molecular weight excluding hydrogens is 358 g/mol. The number of carbonyl (C=O) groups excluding carboxylic acids is 2. The minimum Gasteiger partial charge on any atom is -0.481 e. The van der Waals surface area contributed by atoms with Gasteiger partial charge in [0.15, 0.2) is 0 Å². The number of hydrogen-bond donors (Lipinski definition) is 3. The number of hydrogen-bond acceptors (Lipinski definition) is 6. The number of carboxylic acid groups (broad SMARTS) is 1.